The van der Waals surface area contributed by atoms with E-state index in [1.54, 1.807) is 7.05 Å². The van der Waals surface area contributed by atoms with Crippen LogP contribution in [0.1, 0.15) is 21.0 Å². The molecule has 0 aliphatic rings. The van der Waals surface area contributed by atoms with Crippen LogP contribution in [0.2, 0.25) is 0 Å². The van der Waals surface area contributed by atoms with Crippen molar-refractivity contribution < 1.29 is 19.8 Å². The molecular formula is C9H8N4O4. The maximum absolute atomic E-state index is 10.9. The van der Waals surface area contributed by atoms with Gasteiger partial charge in [0.25, 0.3) is 0 Å². The Morgan fingerprint density at radius 1 is 1.24 bits per heavy atom. The molecule has 0 aromatic carbocycles. The quantitative estimate of drug-likeness (QED) is 0.776. The van der Waals surface area contributed by atoms with Crippen molar-refractivity contribution in [3.8, 4) is 5.69 Å². The van der Waals surface area contributed by atoms with E-state index in [4.69, 9.17) is 10.2 Å². The summed E-state index contributed by atoms with van der Waals surface area (Å²) in [6.07, 6.45) is 2.81. The smallest absolute Gasteiger partial charge is 0.358 e. The molecule has 0 unspecified atom stereocenters. The minimum atomic E-state index is -1.20. The summed E-state index contributed by atoms with van der Waals surface area (Å²) in [5, 5.41) is 25.1. The van der Waals surface area contributed by atoms with Crippen LogP contribution in [-0.4, -0.2) is 41.7 Å². The van der Waals surface area contributed by atoms with E-state index in [0.717, 1.165) is 0 Å². The minimum absolute atomic E-state index is 0.162. The molecule has 0 saturated heterocycles. The SMILES string of the molecule is Cn1cc(-n2ccc(C(=O)O)n2)c(C(=O)O)n1. The molecule has 2 aromatic heterocycles. The summed E-state index contributed by atoms with van der Waals surface area (Å²) in [6, 6.07) is 1.28. The van der Waals surface area contributed by atoms with Crippen molar-refractivity contribution in [3.05, 3.63) is 29.8 Å². The Morgan fingerprint density at radius 2 is 1.94 bits per heavy atom. The number of aromatic nitrogens is 4. The first kappa shape index (κ1) is 10.9. The fraction of sp³-hybridized carbons (Fsp3) is 0.111. The van der Waals surface area contributed by atoms with Gasteiger partial charge in [-0.3, -0.25) is 4.68 Å². The third-order valence-corrected chi connectivity index (χ3v) is 2.07. The van der Waals surface area contributed by atoms with E-state index in [9.17, 15) is 9.59 Å². The number of aryl methyl sites for hydroxylation is 1. The molecule has 8 heteroatoms. The lowest BCUT2D eigenvalue weighted by Gasteiger charge is -1.97. The fourth-order valence-corrected chi connectivity index (χ4v) is 1.37. The van der Waals surface area contributed by atoms with Crippen LogP contribution in [0.15, 0.2) is 18.5 Å². The van der Waals surface area contributed by atoms with E-state index in [2.05, 4.69) is 10.2 Å². The second kappa shape index (κ2) is 3.74. The normalized spacial score (nSPS) is 10.4. The average molecular weight is 236 g/mol. The summed E-state index contributed by atoms with van der Waals surface area (Å²) in [7, 11) is 1.57. The maximum atomic E-state index is 10.9. The van der Waals surface area contributed by atoms with Crippen molar-refractivity contribution in [1.82, 2.24) is 19.6 Å². The van der Waals surface area contributed by atoms with Gasteiger partial charge in [-0.25, -0.2) is 14.3 Å². The molecule has 0 atom stereocenters. The van der Waals surface area contributed by atoms with E-state index in [0.29, 0.717) is 0 Å². The number of hydrogen-bond donors (Lipinski definition) is 2. The van der Waals surface area contributed by atoms with Crippen molar-refractivity contribution in [2.45, 2.75) is 0 Å². The molecule has 2 heterocycles. The highest BCUT2D eigenvalue weighted by atomic mass is 16.4. The lowest BCUT2D eigenvalue weighted by Crippen LogP contribution is -2.06. The zero-order chi connectivity index (χ0) is 12.6. The van der Waals surface area contributed by atoms with Crippen molar-refractivity contribution in [1.29, 1.82) is 0 Å². The van der Waals surface area contributed by atoms with Gasteiger partial charge in [-0.15, -0.1) is 0 Å². The van der Waals surface area contributed by atoms with Gasteiger partial charge in [0.2, 0.25) is 0 Å². The molecule has 2 N–H and O–H groups in total. The second-order valence-corrected chi connectivity index (χ2v) is 3.29. The van der Waals surface area contributed by atoms with Gasteiger partial charge in [-0.2, -0.15) is 10.2 Å². The highest BCUT2D eigenvalue weighted by Gasteiger charge is 2.18. The van der Waals surface area contributed by atoms with Gasteiger partial charge in [0, 0.05) is 13.2 Å². The third kappa shape index (κ3) is 1.87. The zero-order valence-corrected chi connectivity index (χ0v) is 8.73. The first-order valence-corrected chi connectivity index (χ1v) is 4.55. The highest BCUT2D eigenvalue weighted by Crippen LogP contribution is 2.12. The topological polar surface area (TPSA) is 110 Å². The number of carboxylic acids is 2. The lowest BCUT2D eigenvalue weighted by molar-refractivity contribution is 0.0681. The maximum Gasteiger partial charge on any atom is 0.358 e. The molecule has 0 bridgehead atoms. The molecule has 2 rings (SSSR count). The predicted molar refractivity (Wildman–Crippen MR) is 54.2 cm³/mol. The Morgan fingerprint density at radius 3 is 2.47 bits per heavy atom. The summed E-state index contributed by atoms with van der Waals surface area (Å²) in [4.78, 5) is 21.6. The summed E-state index contributed by atoms with van der Waals surface area (Å²) in [6.45, 7) is 0. The number of nitrogens with zero attached hydrogens (tertiary/aromatic N) is 4. The number of carbonyl (C=O) groups is 2. The Kier molecular flexibility index (Phi) is 2.39. The average Bonchev–Trinajstić information content (AvgIpc) is 2.82. The van der Waals surface area contributed by atoms with Gasteiger partial charge in [-0.05, 0) is 6.07 Å². The lowest BCUT2D eigenvalue weighted by atomic mass is 10.4. The summed E-state index contributed by atoms with van der Waals surface area (Å²) >= 11 is 0. The Bertz CT molecular complexity index is 598. The van der Waals surface area contributed by atoms with E-state index >= 15 is 0 Å². The van der Waals surface area contributed by atoms with Gasteiger partial charge < -0.3 is 10.2 Å². The van der Waals surface area contributed by atoms with Gasteiger partial charge in [-0.1, -0.05) is 0 Å². The van der Waals surface area contributed by atoms with Crippen molar-refractivity contribution in [2.24, 2.45) is 7.05 Å². The Balaban J connectivity index is 2.52. The molecule has 0 aliphatic carbocycles. The Hall–Kier alpha value is -2.64. The van der Waals surface area contributed by atoms with Crippen LogP contribution in [-0.2, 0) is 7.05 Å². The fourth-order valence-electron chi connectivity index (χ4n) is 1.37. The number of aromatic carboxylic acids is 2. The minimum Gasteiger partial charge on any atom is -0.476 e. The monoisotopic (exact) mass is 236 g/mol. The summed E-state index contributed by atoms with van der Waals surface area (Å²) in [5.41, 5.74) is -0.134. The molecule has 0 amide bonds. The zero-order valence-electron chi connectivity index (χ0n) is 8.73. The molecule has 8 nitrogen and oxygen atoms in total. The third-order valence-electron chi connectivity index (χ3n) is 2.07. The second-order valence-electron chi connectivity index (χ2n) is 3.29. The predicted octanol–water partition coefficient (Wildman–Crippen LogP) is 0.00220. The van der Waals surface area contributed by atoms with Gasteiger partial charge >= 0.3 is 11.9 Å². The van der Waals surface area contributed by atoms with E-state index in [1.807, 2.05) is 0 Å². The number of carboxylic acid groups (broad SMARTS) is 2. The first-order chi connectivity index (χ1) is 7.99. The van der Waals surface area contributed by atoms with Crippen LogP contribution in [0.3, 0.4) is 0 Å². The molecule has 0 radical (unpaired) electrons. The summed E-state index contributed by atoms with van der Waals surface area (Å²) in [5.74, 6) is -2.38. The van der Waals surface area contributed by atoms with Gasteiger partial charge in [0.05, 0.1) is 6.20 Å². The van der Waals surface area contributed by atoms with Crippen LogP contribution >= 0.6 is 0 Å². The Labute approximate surface area is 94.7 Å². The first-order valence-electron chi connectivity index (χ1n) is 4.55. The van der Waals surface area contributed by atoms with E-state index in [1.165, 1.54) is 27.8 Å². The number of rotatable bonds is 3. The van der Waals surface area contributed by atoms with Crippen LogP contribution in [0.25, 0.3) is 5.69 Å². The highest BCUT2D eigenvalue weighted by molar-refractivity contribution is 5.89. The molecule has 88 valence electrons. The number of hydrogen-bond acceptors (Lipinski definition) is 4. The largest absolute Gasteiger partial charge is 0.476 e. The van der Waals surface area contributed by atoms with Crippen LogP contribution < -0.4 is 0 Å². The molecule has 2 aromatic rings. The van der Waals surface area contributed by atoms with Crippen LogP contribution in [0.5, 0.6) is 0 Å². The molecule has 17 heavy (non-hydrogen) atoms. The van der Waals surface area contributed by atoms with Crippen LogP contribution in [0, 0.1) is 0 Å². The molecule has 0 fully saturated rings. The van der Waals surface area contributed by atoms with Gasteiger partial charge in [0.1, 0.15) is 5.69 Å². The summed E-state index contributed by atoms with van der Waals surface area (Å²) < 4.78 is 2.49. The molecule has 0 saturated carbocycles. The molecule has 0 spiro atoms. The van der Waals surface area contributed by atoms with Crippen molar-refractivity contribution in [2.75, 3.05) is 0 Å². The van der Waals surface area contributed by atoms with Gasteiger partial charge in [0.15, 0.2) is 11.4 Å². The van der Waals surface area contributed by atoms with E-state index in [-0.39, 0.29) is 17.1 Å². The standard InChI is InChI=1S/C9H8N4O4/c1-12-4-6(7(11-12)9(16)17)13-3-2-5(10-13)8(14)15/h2-4H,1H3,(H,14,15)(H,16,17). The van der Waals surface area contributed by atoms with Crippen LogP contribution in [0.4, 0.5) is 0 Å². The molecular weight excluding hydrogens is 228 g/mol. The van der Waals surface area contributed by atoms with E-state index < -0.39 is 11.9 Å². The molecule has 0 aliphatic heterocycles. The van der Waals surface area contributed by atoms with Crippen molar-refractivity contribution >= 4 is 11.9 Å². The van der Waals surface area contributed by atoms with Crippen molar-refractivity contribution in [3.63, 3.8) is 0 Å².